The number of para-hydroxylation sites is 1. The van der Waals surface area contributed by atoms with Crippen molar-refractivity contribution >= 4 is 28.6 Å². The number of ether oxygens (including phenoxy) is 1. The Bertz CT molecular complexity index is 1340. The third kappa shape index (κ3) is 3.73. The molecule has 0 spiro atoms. The van der Waals surface area contributed by atoms with Gasteiger partial charge in [-0.1, -0.05) is 30.3 Å². The Morgan fingerprint density at radius 3 is 2.68 bits per heavy atom. The molecule has 0 atom stereocenters. The number of nitrogen functional groups attached to an aromatic ring is 1. The smallest absolute Gasteiger partial charge is 0.249 e. The molecular weight excluding hydrogens is 394 g/mol. The lowest BCUT2D eigenvalue weighted by atomic mass is 10.2. The van der Waals surface area contributed by atoms with Crippen LogP contribution in [-0.4, -0.2) is 42.0 Å². The summed E-state index contributed by atoms with van der Waals surface area (Å²) in [4.78, 5) is 13.1. The van der Waals surface area contributed by atoms with Gasteiger partial charge in [0.1, 0.15) is 17.3 Å². The van der Waals surface area contributed by atoms with Crippen LogP contribution in [-0.2, 0) is 6.54 Å². The number of aromatic nitrogens is 7. The molecule has 0 aliphatic carbocycles. The van der Waals surface area contributed by atoms with Gasteiger partial charge >= 0.3 is 0 Å². The fourth-order valence-corrected chi connectivity index (χ4v) is 3.30. The van der Waals surface area contributed by atoms with E-state index in [2.05, 4.69) is 30.5 Å². The highest BCUT2D eigenvalue weighted by atomic mass is 16.5. The highest BCUT2D eigenvalue weighted by molar-refractivity contribution is 5.91. The Morgan fingerprint density at radius 1 is 1.06 bits per heavy atom. The summed E-state index contributed by atoms with van der Waals surface area (Å²) >= 11 is 0. The third-order valence-electron chi connectivity index (χ3n) is 4.76. The van der Waals surface area contributed by atoms with Crippen molar-refractivity contribution in [1.82, 2.24) is 34.9 Å². The molecule has 0 unspecified atom stereocenters. The first-order valence-electron chi connectivity index (χ1n) is 9.56. The first-order chi connectivity index (χ1) is 15.2. The second kappa shape index (κ2) is 7.75. The van der Waals surface area contributed by atoms with Gasteiger partial charge in [-0.25, -0.2) is 15.1 Å². The van der Waals surface area contributed by atoms with E-state index in [-0.39, 0.29) is 5.95 Å². The minimum Gasteiger partial charge on any atom is -0.497 e. The number of methoxy groups -OCH3 is 1. The zero-order valence-corrected chi connectivity index (χ0v) is 16.6. The zero-order valence-electron chi connectivity index (χ0n) is 16.6. The quantitative estimate of drug-likeness (QED) is 0.387. The summed E-state index contributed by atoms with van der Waals surface area (Å²) < 4.78 is 7.19. The van der Waals surface area contributed by atoms with Gasteiger partial charge in [0.2, 0.25) is 11.9 Å². The second-order valence-electron chi connectivity index (χ2n) is 6.81. The van der Waals surface area contributed by atoms with E-state index in [0.717, 1.165) is 22.2 Å². The Labute approximate surface area is 177 Å². The molecule has 4 N–H and O–H groups in total. The summed E-state index contributed by atoms with van der Waals surface area (Å²) in [5.74, 6) is 2.41. The number of fused-ring (bicyclic) bond motifs is 1. The van der Waals surface area contributed by atoms with Crippen LogP contribution in [0.25, 0.3) is 22.4 Å². The molecule has 31 heavy (non-hydrogen) atoms. The maximum atomic E-state index is 5.58. The summed E-state index contributed by atoms with van der Waals surface area (Å²) in [6.45, 7) is 0.610. The number of hydrogen-bond acceptors (Lipinski definition) is 8. The van der Waals surface area contributed by atoms with Gasteiger partial charge in [0.05, 0.1) is 19.2 Å². The van der Waals surface area contributed by atoms with Gasteiger partial charge in [0.25, 0.3) is 0 Å². The largest absolute Gasteiger partial charge is 0.497 e. The molecule has 0 bridgehead atoms. The second-order valence-corrected chi connectivity index (χ2v) is 6.81. The summed E-state index contributed by atoms with van der Waals surface area (Å²) in [6.07, 6.45) is 1.66. The maximum absolute atomic E-state index is 5.58. The van der Waals surface area contributed by atoms with Gasteiger partial charge in [-0.2, -0.15) is 10.1 Å². The number of nitrogens with one attached hydrogen (secondary N) is 2. The predicted octanol–water partition coefficient (Wildman–Crippen LogP) is 2.99. The molecule has 2 aromatic carbocycles. The Balaban J connectivity index is 1.51. The normalized spacial score (nSPS) is 11.0. The highest BCUT2D eigenvalue weighted by Crippen LogP contribution is 2.27. The first-order valence-corrected chi connectivity index (χ1v) is 9.56. The number of nitrogens with zero attached hydrogens (tertiary/aromatic N) is 6. The zero-order chi connectivity index (χ0) is 21.2. The van der Waals surface area contributed by atoms with Crippen LogP contribution in [0.5, 0.6) is 5.75 Å². The van der Waals surface area contributed by atoms with E-state index in [1.807, 2.05) is 53.2 Å². The molecule has 5 rings (SSSR count). The fourth-order valence-electron chi connectivity index (χ4n) is 3.30. The minimum atomic E-state index is 0.222. The molecule has 3 heterocycles. The van der Waals surface area contributed by atoms with Crippen LogP contribution in [0.15, 0.2) is 60.8 Å². The van der Waals surface area contributed by atoms with Crippen LogP contribution in [0.1, 0.15) is 5.56 Å². The van der Waals surface area contributed by atoms with E-state index < -0.39 is 0 Å². The number of hydrogen-bond donors (Lipinski definition) is 3. The van der Waals surface area contributed by atoms with Crippen molar-refractivity contribution in [2.45, 2.75) is 6.54 Å². The summed E-state index contributed by atoms with van der Waals surface area (Å²) in [5.41, 5.74) is 8.38. The first kappa shape index (κ1) is 18.6. The van der Waals surface area contributed by atoms with E-state index in [1.54, 1.807) is 19.4 Å². The van der Waals surface area contributed by atoms with Crippen LogP contribution in [0, 0.1) is 0 Å². The Hall–Kier alpha value is -4.47. The van der Waals surface area contributed by atoms with Gasteiger partial charge in [0.15, 0.2) is 5.82 Å². The van der Waals surface area contributed by atoms with Gasteiger partial charge in [-0.3, -0.25) is 4.68 Å². The van der Waals surface area contributed by atoms with E-state index in [1.165, 1.54) is 0 Å². The van der Waals surface area contributed by atoms with Gasteiger partial charge in [0, 0.05) is 11.6 Å². The average molecular weight is 413 g/mol. The van der Waals surface area contributed by atoms with Crippen LogP contribution in [0.3, 0.4) is 0 Å². The van der Waals surface area contributed by atoms with Crippen LogP contribution < -0.4 is 15.8 Å². The molecular formula is C21H19N9O. The molecule has 0 aliphatic rings. The monoisotopic (exact) mass is 413 g/mol. The van der Waals surface area contributed by atoms with Crippen LogP contribution >= 0.6 is 0 Å². The van der Waals surface area contributed by atoms with E-state index >= 15 is 0 Å². The minimum absolute atomic E-state index is 0.222. The molecule has 0 amide bonds. The third-order valence-corrected chi connectivity index (χ3v) is 4.76. The van der Waals surface area contributed by atoms with Crippen molar-refractivity contribution < 1.29 is 4.74 Å². The average Bonchev–Trinajstić information content (AvgIpc) is 3.38. The van der Waals surface area contributed by atoms with Gasteiger partial charge in [-0.15, -0.1) is 5.10 Å². The number of benzene rings is 2. The molecule has 0 fully saturated rings. The molecule has 5 aromatic rings. The van der Waals surface area contributed by atoms with Gasteiger partial charge in [-0.05, 0) is 29.8 Å². The van der Waals surface area contributed by atoms with Crippen molar-refractivity contribution in [3.05, 3.63) is 66.4 Å². The lowest BCUT2D eigenvalue weighted by molar-refractivity contribution is 0.414. The van der Waals surface area contributed by atoms with Crippen molar-refractivity contribution in [2.24, 2.45) is 0 Å². The lowest BCUT2D eigenvalue weighted by Gasteiger charge is -2.05. The molecule has 0 saturated carbocycles. The molecule has 0 aliphatic heterocycles. The van der Waals surface area contributed by atoms with Crippen molar-refractivity contribution in [3.63, 3.8) is 0 Å². The summed E-state index contributed by atoms with van der Waals surface area (Å²) in [5, 5.41) is 15.3. The molecule has 0 radical (unpaired) electrons. The van der Waals surface area contributed by atoms with E-state index in [4.69, 9.17) is 15.6 Å². The van der Waals surface area contributed by atoms with Crippen LogP contribution in [0.4, 0.5) is 17.7 Å². The number of rotatable bonds is 6. The SMILES string of the molecule is COc1ccc(Cn2nc(-c3nccc(Nc4n[nH]c(N)n4)n3)c3ccccc32)cc1. The van der Waals surface area contributed by atoms with Crippen molar-refractivity contribution in [1.29, 1.82) is 0 Å². The summed E-state index contributed by atoms with van der Waals surface area (Å²) in [7, 11) is 1.66. The summed E-state index contributed by atoms with van der Waals surface area (Å²) in [6, 6.07) is 17.7. The molecule has 10 heteroatoms. The standard InChI is InChI=1S/C21H19N9O/c1-31-14-8-6-13(7-9-14)12-30-16-5-3-2-4-15(16)18(29-30)19-23-11-10-17(24-19)25-21-26-20(22)27-28-21/h2-11H,12H2,1H3,(H4,22,23,24,25,26,27,28). The molecule has 154 valence electrons. The van der Waals surface area contributed by atoms with E-state index in [0.29, 0.717) is 29.8 Å². The lowest BCUT2D eigenvalue weighted by Crippen LogP contribution is -2.02. The number of H-pyrrole nitrogens is 1. The maximum Gasteiger partial charge on any atom is 0.249 e. The number of nitrogens with two attached hydrogens (primary N) is 1. The van der Waals surface area contributed by atoms with Crippen molar-refractivity contribution in [2.75, 3.05) is 18.2 Å². The Morgan fingerprint density at radius 2 is 1.90 bits per heavy atom. The van der Waals surface area contributed by atoms with Crippen LogP contribution in [0.2, 0.25) is 0 Å². The van der Waals surface area contributed by atoms with Gasteiger partial charge < -0.3 is 15.8 Å². The fraction of sp³-hybridized carbons (Fsp3) is 0.0952. The predicted molar refractivity (Wildman–Crippen MR) is 117 cm³/mol. The molecule has 3 aromatic heterocycles. The van der Waals surface area contributed by atoms with Crippen molar-refractivity contribution in [3.8, 4) is 17.3 Å². The Kier molecular flexibility index (Phi) is 4.64. The highest BCUT2D eigenvalue weighted by Gasteiger charge is 2.15. The topological polar surface area (TPSA) is 132 Å². The number of anilines is 3. The molecule has 0 saturated heterocycles. The number of aromatic amines is 1. The van der Waals surface area contributed by atoms with E-state index in [9.17, 15) is 0 Å². The molecule has 10 nitrogen and oxygen atoms in total.